The Kier molecular flexibility index (Phi) is 3.79. The van der Waals surface area contributed by atoms with Gasteiger partial charge in [0.1, 0.15) is 18.0 Å². The first kappa shape index (κ1) is 14.2. The maximum absolute atomic E-state index is 14.1. The lowest BCUT2D eigenvalue weighted by molar-refractivity contribution is 0.631. The van der Waals surface area contributed by atoms with Crippen molar-refractivity contribution in [2.24, 2.45) is 0 Å². The normalized spacial score (nSPS) is 14.2. The molecule has 108 valence electrons. The fourth-order valence-corrected chi connectivity index (χ4v) is 2.90. The monoisotopic (exact) mass is 396 g/mol. The molecule has 3 rings (SSSR count). The van der Waals surface area contributed by atoms with Gasteiger partial charge in [0.2, 0.25) is 0 Å². The highest BCUT2D eigenvalue weighted by molar-refractivity contribution is 14.1. The molecule has 6 heteroatoms. The zero-order chi connectivity index (χ0) is 15.0. The van der Waals surface area contributed by atoms with E-state index in [-0.39, 0.29) is 5.82 Å². The minimum atomic E-state index is -0.264. The van der Waals surface area contributed by atoms with Gasteiger partial charge in [-0.15, -0.1) is 0 Å². The number of hydrogen-bond donors (Lipinski definition) is 1. The van der Waals surface area contributed by atoms with Crippen LogP contribution in [0, 0.1) is 9.39 Å². The summed E-state index contributed by atoms with van der Waals surface area (Å²) in [6, 6.07) is 5.13. The number of rotatable bonds is 2. The van der Waals surface area contributed by atoms with Crippen LogP contribution < -0.4 is 10.2 Å². The summed E-state index contributed by atoms with van der Waals surface area (Å²) in [6.45, 7) is 2.78. The molecule has 4 nitrogen and oxygen atoms in total. The van der Waals surface area contributed by atoms with Crippen molar-refractivity contribution in [2.45, 2.75) is 6.92 Å². The Morgan fingerprint density at radius 2 is 2.19 bits per heavy atom. The van der Waals surface area contributed by atoms with Gasteiger partial charge in [-0.1, -0.05) is 0 Å². The van der Waals surface area contributed by atoms with Crippen LogP contribution in [-0.2, 0) is 0 Å². The molecule has 21 heavy (non-hydrogen) atoms. The zero-order valence-corrected chi connectivity index (χ0v) is 13.8. The van der Waals surface area contributed by atoms with Crippen molar-refractivity contribution in [3.63, 3.8) is 0 Å². The Bertz CT molecular complexity index is 729. The second-order valence-corrected chi connectivity index (χ2v) is 6.27. The lowest BCUT2D eigenvalue weighted by atomic mass is 10.0. The standard InChI is InChI=1S/C15H14FIN4/c1-9-7-21(2)15-11(6-18-8-19-15)14(9)20-13-4-3-10(17)5-12(13)16/h3-6,8,20H,7H2,1-2H3. The Balaban J connectivity index is 2.03. The predicted octanol–water partition coefficient (Wildman–Crippen LogP) is 3.51. The van der Waals surface area contributed by atoms with E-state index in [9.17, 15) is 4.39 Å². The van der Waals surface area contributed by atoms with Crippen LogP contribution >= 0.6 is 22.6 Å². The Labute approximate surface area is 136 Å². The van der Waals surface area contributed by atoms with E-state index in [4.69, 9.17) is 0 Å². The van der Waals surface area contributed by atoms with E-state index >= 15 is 0 Å². The van der Waals surface area contributed by atoms with E-state index in [1.165, 1.54) is 12.4 Å². The molecule has 0 atom stereocenters. The summed E-state index contributed by atoms with van der Waals surface area (Å²) in [5.41, 5.74) is 3.35. The maximum Gasteiger partial charge on any atom is 0.147 e. The van der Waals surface area contributed by atoms with E-state index in [2.05, 4.69) is 42.8 Å². The van der Waals surface area contributed by atoms with Gasteiger partial charge in [-0.3, -0.25) is 0 Å². The highest BCUT2D eigenvalue weighted by atomic mass is 127. The Morgan fingerprint density at radius 3 is 2.95 bits per heavy atom. The lowest BCUT2D eigenvalue weighted by Crippen LogP contribution is -2.28. The van der Waals surface area contributed by atoms with Gasteiger partial charge in [0.05, 0.1) is 16.9 Å². The van der Waals surface area contributed by atoms with E-state index in [1.54, 1.807) is 12.3 Å². The van der Waals surface area contributed by atoms with Crippen LogP contribution in [0.25, 0.3) is 5.70 Å². The average Bonchev–Trinajstić information content (AvgIpc) is 2.45. The third-order valence-electron chi connectivity index (χ3n) is 3.41. The summed E-state index contributed by atoms with van der Waals surface area (Å²) in [6.07, 6.45) is 3.29. The lowest BCUT2D eigenvalue weighted by Gasteiger charge is -2.29. The van der Waals surface area contributed by atoms with E-state index < -0.39 is 0 Å². The number of hydrogen-bond acceptors (Lipinski definition) is 4. The second kappa shape index (κ2) is 5.59. The van der Waals surface area contributed by atoms with E-state index in [0.29, 0.717) is 5.69 Å². The van der Waals surface area contributed by atoms with Crippen molar-refractivity contribution < 1.29 is 4.39 Å². The van der Waals surface area contributed by atoms with Crippen LogP contribution in [-0.4, -0.2) is 23.6 Å². The number of nitrogens with one attached hydrogen (secondary N) is 1. The summed E-state index contributed by atoms with van der Waals surface area (Å²) < 4.78 is 14.9. The van der Waals surface area contributed by atoms with Gasteiger partial charge < -0.3 is 10.2 Å². The van der Waals surface area contributed by atoms with E-state index in [0.717, 1.165) is 32.8 Å². The molecule has 0 bridgehead atoms. The maximum atomic E-state index is 14.1. The molecule has 1 aliphatic rings. The average molecular weight is 396 g/mol. The van der Waals surface area contributed by atoms with Gasteiger partial charge >= 0.3 is 0 Å². The first-order valence-corrected chi connectivity index (χ1v) is 7.57. The molecular weight excluding hydrogens is 382 g/mol. The number of nitrogens with zero attached hydrogens (tertiary/aromatic N) is 3. The molecule has 0 aliphatic carbocycles. The quantitative estimate of drug-likeness (QED) is 0.789. The highest BCUT2D eigenvalue weighted by Gasteiger charge is 2.22. The van der Waals surface area contributed by atoms with Crippen molar-refractivity contribution in [1.29, 1.82) is 0 Å². The molecule has 2 heterocycles. The topological polar surface area (TPSA) is 41.1 Å². The Hall–Kier alpha value is -1.70. The molecule has 2 aromatic rings. The minimum absolute atomic E-state index is 0.264. The molecule has 0 spiro atoms. The minimum Gasteiger partial charge on any atom is -0.355 e. The van der Waals surface area contributed by atoms with Crippen LogP contribution in [0.5, 0.6) is 0 Å². The summed E-state index contributed by atoms with van der Waals surface area (Å²) >= 11 is 2.09. The molecule has 0 saturated heterocycles. The smallest absolute Gasteiger partial charge is 0.147 e. The van der Waals surface area contributed by atoms with Crippen LogP contribution in [0.4, 0.5) is 15.9 Å². The Morgan fingerprint density at radius 1 is 1.38 bits per heavy atom. The molecule has 0 saturated carbocycles. The van der Waals surface area contributed by atoms with Crippen molar-refractivity contribution in [3.8, 4) is 0 Å². The van der Waals surface area contributed by atoms with Crippen LogP contribution in [0.2, 0.25) is 0 Å². The van der Waals surface area contributed by atoms with E-state index in [1.807, 2.05) is 20.0 Å². The van der Waals surface area contributed by atoms with Gasteiger partial charge in [0.15, 0.2) is 0 Å². The molecule has 0 radical (unpaired) electrons. The summed E-state index contributed by atoms with van der Waals surface area (Å²) in [5.74, 6) is 0.587. The van der Waals surface area contributed by atoms with Crippen molar-refractivity contribution in [2.75, 3.05) is 23.8 Å². The van der Waals surface area contributed by atoms with Crippen LogP contribution in [0.15, 0.2) is 36.3 Å². The number of anilines is 2. The van der Waals surface area contributed by atoms with Gasteiger partial charge in [0, 0.05) is 23.4 Å². The SMILES string of the molecule is CC1=C(Nc2ccc(I)cc2F)c2cncnc2N(C)C1. The molecule has 1 aromatic carbocycles. The molecule has 1 aromatic heterocycles. The van der Waals surface area contributed by atoms with Crippen LogP contribution in [0.3, 0.4) is 0 Å². The molecule has 0 amide bonds. The first-order chi connectivity index (χ1) is 10.1. The second-order valence-electron chi connectivity index (χ2n) is 5.02. The van der Waals surface area contributed by atoms with Gasteiger partial charge in [-0.05, 0) is 53.3 Å². The summed E-state index contributed by atoms with van der Waals surface area (Å²) in [7, 11) is 1.98. The molecule has 1 N–H and O–H groups in total. The first-order valence-electron chi connectivity index (χ1n) is 6.49. The summed E-state index contributed by atoms with van der Waals surface area (Å²) in [4.78, 5) is 10.5. The third kappa shape index (κ3) is 2.72. The van der Waals surface area contributed by atoms with Crippen molar-refractivity contribution in [3.05, 3.63) is 51.2 Å². The predicted molar refractivity (Wildman–Crippen MR) is 90.6 cm³/mol. The number of halogens is 2. The van der Waals surface area contributed by atoms with Crippen LogP contribution in [0.1, 0.15) is 12.5 Å². The molecule has 0 fully saturated rings. The number of likely N-dealkylation sites (N-methyl/N-ethyl adjacent to an activating group) is 1. The fraction of sp³-hybridized carbons (Fsp3) is 0.200. The van der Waals surface area contributed by atoms with Gasteiger partial charge in [0.25, 0.3) is 0 Å². The molecule has 0 unspecified atom stereocenters. The molecular formula is C15H14FIN4. The number of benzene rings is 1. The third-order valence-corrected chi connectivity index (χ3v) is 4.09. The summed E-state index contributed by atoms with van der Waals surface area (Å²) in [5, 5.41) is 3.20. The van der Waals surface area contributed by atoms with Gasteiger partial charge in [-0.2, -0.15) is 0 Å². The largest absolute Gasteiger partial charge is 0.355 e. The highest BCUT2D eigenvalue weighted by Crippen LogP contribution is 2.33. The van der Waals surface area contributed by atoms with Crippen molar-refractivity contribution in [1.82, 2.24) is 9.97 Å². The number of fused-ring (bicyclic) bond motifs is 1. The number of aromatic nitrogens is 2. The zero-order valence-electron chi connectivity index (χ0n) is 11.7. The molecule has 1 aliphatic heterocycles. The fourth-order valence-electron chi connectivity index (χ4n) is 2.44. The van der Waals surface area contributed by atoms with Gasteiger partial charge in [-0.25, -0.2) is 14.4 Å². The van der Waals surface area contributed by atoms with Crippen molar-refractivity contribution >= 4 is 39.8 Å².